The van der Waals surface area contributed by atoms with Gasteiger partial charge in [0.25, 0.3) is 6.29 Å². The zero-order valence-corrected chi connectivity index (χ0v) is 46.4. The number of carboxylic acids is 1. The second-order valence-electron chi connectivity index (χ2n) is 20.2. The van der Waals surface area contributed by atoms with Crippen molar-refractivity contribution in [3.8, 4) is 0 Å². The Balaban J connectivity index is 4.29. The van der Waals surface area contributed by atoms with Crippen LogP contribution in [0, 0.1) is 0 Å². The van der Waals surface area contributed by atoms with Crippen LogP contribution in [-0.2, 0) is 33.3 Å². The average molecular weight is 996 g/mol. The first-order valence-corrected chi connectivity index (χ1v) is 28.8. The Bertz CT molecular complexity index is 1440. The molecular formula is C62H108NO8+. The van der Waals surface area contributed by atoms with Gasteiger partial charge in [-0.2, -0.15) is 0 Å². The second kappa shape index (κ2) is 52.8. The third-order valence-electron chi connectivity index (χ3n) is 12.1. The number of hydrogen-bond acceptors (Lipinski definition) is 7. The molecule has 0 aromatic heterocycles. The van der Waals surface area contributed by atoms with Gasteiger partial charge in [-0.05, 0) is 89.9 Å². The van der Waals surface area contributed by atoms with E-state index in [0.717, 1.165) is 83.5 Å². The van der Waals surface area contributed by atoms with Crippen LogP contribution in [0.5, 0.6) is 0 Å². The number of allylic oxidation sites excluding steroid dienone is 14. The van der Waals surface area contributed by atoms with E-state index in [2.05, 4.69) is 98.9 Å². The number of aliphatic carboxylic acids is 1. The topological polar surface area (TPSA) is 108 Å². The molecule has 0 aromatic rings. The van der Waals surface area contributed by atoms with Gasteiger partial charge >= 0.3 is 17.9 Å². The van der Waals surface area contributed by atoms with Crippen LogP contribution in [0.25, 0.3) is 0 Å². The molecule has 9 heteroatoms. The van der Waals surface area contributed by atoms with Gasteiger partial charge in [0.1, 0.15) is 13.2 Å². The standard InChI is InChI=1S/C62H107NO8/c1-6-8-10-12-14-16-18-20-22-24-26-28-29-30-31-33-34-36-38-40-42-44-46-48-50-52-59(64)69-56-58(57-70-62(61(66)67)68-55-54-63(3,4)5)71-60(65)53-51-49-47-45-43-41-39-37-35-32-27-25-23-21-19-17-15-13-11-9-7-2/h9,11,15,17-18,20-21,23-24,26-27,29-30,32,58,62H,6-8,10,12-14,16,19,22,25,28,31,33-57H2,1-5H3/p+1/b11-9-,17-15-,20-18-,23-21-,26-24-,30-29-,32-27-. The highest BCUT2D eigenvalue weighted by Crippen LogP contribution is 2.15. The Hall–Kier alpha value is -3.53. The summed E-state index contributed by atoms with van der Waals surface area (Å²) in [5.41, 5.74) is 0. The largest absolute Gasteiger partial charge is 0.477 e. The first-order chi connectivity index (χ1) is 34.6. The second-order valence-corrected chi connectivity index (χ2v) is 20.2. The summed E-state index contributed by atoms with van der Waals surface area (Å²) in [7, 11) is 5.96. The molecule has 2 unspecified atom stereocenters. The van der Waals surface area contributed by atoms with E-state index in [9.17, 15) is 19.5 Å². The molecule has 71 heavy (non-hydrogen) atoms. The molecule has 0 saturated carbocycles. The number of quaternary nitrogens is 1. The summed E-state index contributed by atoms with van der Waals surface area (Å²) in [6.45, 7) is 4.74. The zero-order chi connectivity index (χ0) is 52.0. The third kappa shape index (κ3) is 54.1. The van der Waals surface area contributed by atoms with E-state index in [-0.39, 0.29) is 32.2 Å². The normalized spacial score (nSPS) is 13.4. The molecule has 408 valence electrons. The first-order valence-electron chi connectivity index (χ1n) is 28.8. The average Bonchev–Trinajstić information content (AvgIpc) is 3.34. The number of nitrogens with zero attached hydrogens (tertiary/aromatic N) is 1. The number of carbonyl (C=O) groups is 3. The molecule has 0 spiro atoms. The van der Waals surface area contributed by atoms with Crippen LogP contribution in [0.4, 0.5) is 0 Å². The molecule has 0 aliphatic heterocycles. The zero-order valence-electron chi connectivity index (χ0n) is 46.4. The highest BCUT2D eigenvalue weighted by atomic mass is 16.7. The van der Waals surface area contributed by atoms with E-state index in [1.165, 1.54) is 116 Å². The van der Waals surface area contributed by atoms with Crippen LogP contribution in [0.15, 0.2) is 85.1 Å². The lowest BCUT2D eigenvalue weighted by molar-refractivity contribution is -0.870. The van der Waals surface area contributed by atoms with Crippen molar-refractivity contribution in [2.75, 3.05) is 47.5 Å². The monoisotopic (exact) mass is 995 g/mol. The van der Waals surface area contributed by atoms with Crippen LogP contribution in [0.2, 0.25) is 0 Å². The van der Waals surface area contributed by atoms with Crippen LogP contribution in [0.1, 0.15) is 232 Å². The van der Waals surface area contributed by atoms with E-state index in [1.54, 1.807) is 0 Å². The number of ether oxygens (including phenoxy) is 4. The molecule has 0 aliphatic rings. The molecule has 0 saturated heterocycles. The number of likely N-dealkylation sites (N-methyl/N-ethyl adjacent to an activating group) is 1. The first kappa shape index (κ1) is 67.5. The van der Waals surface area contributed by atoms with E-state index in [0.29, 0.717) is 23.9 Å². The lowest BCUT2D eigenvalue weighted by atomic mass is 10.1. The predicted octanol–water partition coefficient (Wildman–Crippen LogP) is 16.8. The van der Waals surface area contributed by atoms with Crippen LogP contribution in [-0.4, -0.2) is 87.4 Å². The molecular weight excluding hydrogens is 887 g/mol. The maximum Gasteiger partial charge on any atom is 0.361 e. The number of unbranched alkanes of at least 4 members (excludes halogenated alkanes) is 23. The van der Waals surface area contributed by atoms with Crippen molar-refractivity contribution in [1.82, 2.24) is 0 Å². The quantitative estimate of drug-likeness (QED) is 0.0211. The summed E-state index contributed by atoms with van der Waals surface area (Å²) in [4.78, 5) is 37.4. The Morgan fingerprint density at radius 2 is 0.803 bits per heavy atom. The van der Waals surface area contributed by atoms with Crippen molar-refractivity contribution in [1.29, 1.82) is 0 Å². The summed E-state index contributed by atoms with van der Waals surface area (Å²) in [5, 5.41) is 9.70. The summed E-state index contributed by atoms with van der Waals surface area (Å²) >= 11 is 0. The van der Waals surface area contributed by atoms with Gasteiger partial charge in [0.15, 0.2) is 6.10 Å². The van der Waals surface area contributed by atoms with Gasteiger partial charge in [0.05, 0.1) is 34.4 Å². The molecule has 0 radical (unpaired) electrons. The van der Waals surface area contributed by atoms with E-state index in [4.69, 9.17) is 18.9 Å². The number of esters is 2. The Labute approximate surface area is 436 Å². The van der Waals surface area contributed by atoms with Gasteiger partial charge in [-0.25, -0.2) is 4.79 Å². The minimum absolute atomic E-state index is 0.181. The molecule has 2 atom stereocenters. The minimum Gasteiger partial charge on any atom is -0.477 e. The number of carboxylic acid groups (broad SMARTS) is 1. The lowest BCUT2D eigenvalue weighted by Crippen LogP contribution is -2.40. The van der Waals surface area contributed by atoms with Gasteiger partial charge in [0.2, 0.25) is 0 Å². The maximum absolute atomic E-state index is 12.9. The van der Waals surface area contributed by atoms with Crippen molar-refractivity contribution in [3.05, 3.63) is 85.1 Å². The molecule has 0 amide bonds. The van der Waals surface area contributed by atoms with E-state index in [1.807, 2.05) is 21.1 Å². The van der Waals surface area contributed by atoms with Gasteiger partial charge in [-0.1, -0.05) is 214 Å². The third-order valence-corrected chi connectivity index (χ3v) is 12.1. The van der Waals surface area contributed by atoms with Crippen molar-refractivity contribution >= 4 is 17.9 Å². The van der Waals surface area contributed by atoms with Crippen LogP contribution >= 0.6 is 0 Å². The summed E-state index contributed by atoms with van der Waals surface area (Å²) in [6.07, 6.45) is 66.5. The van der Waals surface area contributed by atoms with Gasteiger partial charge < -0.3 is 28.5 Å². The van der Waals surface area contributed by atoms with Crippen molar-refractivity contribution in [3.63, 3.8) is 0 Å². The van der Waals surface area contributed by atoms with Crippen molar-refractivity contribution in [2.45, 2.75) is 245 Å². The Morgan fingerprint density at radius 1 is 0.437 bits per heavy atom. The Kier molecular flexibility index (Phi) is 50.2. The summed E-state index contributed by atoms with van der Waals surface area (Å²) < 4.78 is 22.9. The van der Waals surface area contributed by atoms with Gasteiger partial charge in [-0.3, -0.25) is 9.59 Å². The molecule has 0 aromatic carbocycles. The Morgan fingerprint density at radius 3 is 1.20 bits per heavy atom. The predicted molar refractivity (Wildman–Crippen MR) is 299 cm³/mol. The van der Waals surface area contributed by atoms with Gasteiger partial charge in [0, 0.05) is 12.8 Å². The van der Waals surface area contributed by atoms with Crippen molar-refractivity contribution in [2.24, 2.45) is 0 Å². The number of rotatable bonds is 52. The highest BCUT2D eigenvalue weighted by molar-refractivity contribution is 5.71. The molecule has 0 bridgehead atoms. The SMILES string of the molecule is CC/C=C\C/C=C\C/C=C\C/C=C\CCCCCCCCCCC(=O)OC(COC(=O)CCCCCCCCCCCC/C=C\C/C=C\C/C=C\CCCCCCC)COC(OCC[N+](C)(C)C)C(=O)O. The molecule has 1 N–H and O–H groups in total. The maximum atomic E-state index is 12.9. The van der Waals surface area contributed by atoms with Crippen LogP contribution in [0.3, 0.4) is 0 Å². The summed E-state index contributed by atoms with van der Waals surface area (Å²) in [5.74, 6) is -2.02. The fourth-order valence-corrected chi connectivity index (χ4v) is 7.72. The fraction of sp³-hybridized carbons (Fsp3) is 0.726. The van der Waals surface area contributed by atoms with Crippen LogP contribution < -0.4 is 0 Å². The van der Waals surface area contributed by atoms with Gasteiger partial charge in [-0.15, -0.1) is 0 Å². The lowest BCUT2D eigenvalue weighted by Gasteiger charge is -2.25. The van der Waals surface area contributed by atoms with E-state index < -0.39 is 24.3 Å². The molecule has 0 rings (SSSR count). The molecule has 0 heterocycles. The van der Waals surface area contributed by atoms with Crippen molar-refractivity contribution < 1.29 is 42.9 Å². The molecule has 0 aliphatic carbocycles. The fourth-order valence-electron chi connectivity index (χ4n) is 7.72. The number of carbonyl (C=O) groups excluding carboxylic acids is 2. The molecule has 0 fully saturated rings. The number of hydrogen-bond donors (Lipinski definition) is 1. The minimum atomic E-state index is -1.52. The smallest absolute Gasteiger partial charge is 0.361 e. The van der Waals surface area contributed by atoms with E-state index >= 15 is 0 Å². The molecule has 9 nitrogen and oxygen atoms in total. The highest BCUT2D eigenvalue weighted by Gasteiger charge is 2.25. The summed E-state index contributed by atoms with van der Waals surface area (Å²) in [6, 6.07) is 0.